The molecular weight excluding hydrogens is 370 g/mol. The van der Waals surface area contributed by atoms with Crippen LogP contribution in [0.15, 0.2) is 67.3 Å². The molecule has 0 bridgehead atoms. The van der Waals surface area contributed by atoms with Crippen LogP contribution in [0, 0.1) is 0 Å². The van der Waals surface area contributed by atoms with Crippen molar-refractivity contribution in [2.24, 2.45) is 0 Å². The van der Waals surface area contributed by atoms with Gasteiger partial charge in [0, 0.05) is 6.20 Å². The summed E-state index contributed by atoms with van der Waals surface area (Å²) in [6.07, 6.45) is 4.94. The quantitative estimate of drug-likeness (QED) is 0.567. The second-order valence-electron chi connectivity index (χ2n) is 6.86. The molecule has 146 valence electrons. The SMILES string of the molecule is O=C(Cn1cnc2ccccc21)Nc1cnn(CC2COc3ccccc3O2)c1. The molecule has 8 nitrogen and oxygen atoms in total. The maximum absolute atomic E-state index is 12.4. The maximum Gasteiger partial charge on any atom is 0.244 e. The van der Waals surface area contributed by atoms with E-state index in [1.807, 2.05) is 53.1 Å². The monoisotopic (exact) mass is 389 g/mol. The maximum atomic E-state index is 12.4. The van der Waals surface area contributed by atoms with E-state index in [1.165, 1.54) is 0 Å². The average molecular weight is 389 g/mol. The van der Waals surface area contributed by atoms with E-state index in [-0.39, 0.29) is 18.6 Å². The molecule has 29 heavy (non-hydrogen) atoms. The lowest BCUT2D eigenvalue weighted by atomic mass is 10.2. The Hall–Kier alpha value is -3.81. The van der Waals surface area contributed by atoms with Crippen LogP contribution in [0.1, 0.15) is 0 Å². The normalized spacial score (nSPS) is 15.4. The van der Waals surface area contributed by atoms with Crippen LogP contribution in [0.3, 0.4) is 0 Å². The van der Waals surface area contributed by atoms with Crippen LogP contribution in [0.4, 0.5) is 5.69 Å². The van der Waals surface area contributed by atoms with Gasteiger partial charge in [-0.15, -0.1) is 0 Å². The Balaban J connectivity index is 1.20. The van der Waals surface area contributed by atoms with Crippen molar-refractivity contribution in [1.29, 1.82) is 0 Å². The summed E-state index contributed by atoms with van der Waals surface area (Å²) in [7, 11) is 0. The third-order valence-corrected chi connectivity index (χ3v) is 4.72. The highest BCUT2D eigenvalue weighted by atomic mass is 16.6. The number of hydrogen-bond donors (Lipinski definition) is 1. The summed E-state index contributed by atoms with van der Waals surface area (Å²) in [5, 5.41) is 7.19. The van der Waals surface area contributed by atoms with Crippen LogP contribution < -0.4 is 14.8 Å². The fourth-order valence-electron chi connectivity index (χ4n) is 3.38. The van der Waals surface area contributed by atoms with Gasteiger partial charge in [0.1, 0.15) is 13.2 Å². The summed E-state index contributed by atoms with van der Waals surface area (Å²) in [5.41, 5.74) is 2.43. The minimum absolute atomic E-state index is 0.140. The molecule has 1 atom stereocenters. The molecule has 0 fully saturated rings. The van der Waals surface area contributed by atoms with E-state index in [4.69, 9.17) is 9.47 Å². The van der Waals surface area contributed by atoms with Gasteiger partial charge in [-0.2, -0.15) is 5.10 Å². The van der Waals surface area contributed by atoms with Gasteiger partial charge in [-0.1, -0.05) is 24.3 Å². The number of ether oxygens (including phenoxy) is 2. The number of fused-ring (bicyclic) bond motifs is 2. The topological polar surface area (TPSA) is 83.2 Å². The van der Waals surface area contributed by atoms with Gasteiger partial charge in [0.05, 0.1) is 35.8 Å². The second-order valence-corrected chi connectivity index (χ2v) is 6.86. The third-order valence-electron chi connectivity index (χ3n) is 4.72. The van der Waals surface area contributed by atoms with Crippen LogP contribution in [0.25, 0.3) is 11.0 Å². The largest absolute Gasteiger partial charge is 0.486 e. The van der Waals surface area contributed by atoms with E-state index in [1.54, 1.807) is 23.4 Å². The van der Waals surface area contributed by atoms with E-state index < -0.39 is 0 Å². The zero-order valence-electron chi connectivity index (χ0n) is 15.6. The smallest absolute Gasteiger partial charge is 0.244 e. The number of anilines is 1. The van der Waals surface area contributed by atoms with Crippen molar-refractivity contribution in [1.82, 2.24) is 19.3 Å². The summed E-state index contributed by atoms with van der Waals surface area (Å²) < 4.78 is 15.2. The number of benzene rings is 2. The summed E-state index contributed by atoms with van der Waals surface area (Å²) >= 11 is 0. The molecular formula is C21H19N5O3. The molecule has 4 aromatic rings. The summed E-state index contributed by atoms with van der Waals surface area (Å²) in [5.74, 6) is 1.35. The Bertz CT molecular complexity index is 1170. The van der Waals surface area contributed by atoms with Gasteiger partial charge in [-0.05, 0) is 24.3 Å². The first-order valence-electron chi connectivity index (χ1n) is 9.35. The molecule has 0 spiro atoms. The average Bonchev–Trinajstić information content (AvgIpc) is 3.35. The number of carbonyl (C=O) groups is 1. The van der Waals surface area contributed by atoms with Crippen LogP contribution in [-0.2, 0) is 17.9 Å². The van der Waals surface area contributed by atoms with Crippen molar-refractivity contribution in [2.45, 2.75) is 19.2 Å². The minimum Gasteiger partial charge on any atom is -0.486 e. The molecule has 1 unspecified atom stereocenters. The number of aromatic nitrogens is 4. The van der Waals surface area contributed by atoms with E-state index >= 15 is 0 Å². The molecule has 1 aliphatic heterocycles. The highest BCUT2D eigenvalue weighted by Crippen LogP contribution is 2.31. The number of nitrogens with zero attached hydrogens (tertiary/aromatic N) is 4. The lowest BCUT2D eigenvalue weighted by molar-refractivity contribution is -0.116. The highest BCUT2D eigenvalue weighted by Gasteiger charge is 2.21. The van der Waals surface area contributed by atoms with Crippen LogP contribution in [-0.4, -0.2) is 37.9 Å². The van der Waals surface area contributed by atoms with Crippen molar-refractivity contribution in [3.05, 3.63) is 67.3 Å². The van der Waals surface area contributed by atoms with Crippen LogP contribution in [0.2, 0.25) is 0 Å². The van der Waals surface area contributed by atoms with Gasteiger partial charge in [0.25, 0.3) is 0 Å². The van der Waals surface area contributed by atoms with E-state index in [9.17, 15) is 4.79 Å². The van der Waals surface area contributed by atoms with Crippen LogP contribution in [0.5, 0.6) is 11.5 Å². The molecule has 0 aliphatic carbocycles. The molecule has 0 saturated carbocycles. The van der Waals surface area contributed by atoms with E-state index in [0.29, 0.717) is 18.8 Å². The van der Waals surface area contributed by atoms with Gasteiger partial charge >= 0.3 is 0 Å². The van der Waals surface area contributed by atoms with E-state index in [2.05, 4.69) is 15.4 Å². The first-order valence-corrected chi connectivity index (χ1v) is 9.35. The second kappa shape index (κ2) is 7.31. The minimum atomic E-state index is -0.148. The molecule has 0 radical (unpaired) electrons. The van der Waals surface area contributed by atoms with Crippen molar-refractivity contribution in [3.8, 4) is 11.5 Å². The Labute approximate surface area is 166 Å². The predicted molar refractivity (Wildman–Crippen MR) is 107 cm³/mol. The molecule has 1 N–H and O–H groups in total. The fourth-order valence-corrected chi connectivity index (χ4v) is 3.38. The number of amides is 1. The van der Waals surface area contributed by atoms with Gasteiger partial charge < -0.3 is 19.4 Å². The molecule has 2 aromatic carbocycles. The fraction of sp³-hybridized carbons (Fsp3) is 0.190. The number of hydrogen-bond acceptors (Lipinski definition) is 5. The molecule has 5 rings (SSSR count). The lowest BCUT2D eigenvalue weighted by Gasteiger charge is -2.26. The Kier molecular flexibility index (Phi) is 4.36. The van der Waals surface area contributed by atoms with Crippen molar-refractivity contribution in [3.63, 3.8) is 0 Å². The van der Waals surface area contributed by atoms with Gasteiger partial charge in [-0.3, -0.25) is 9.48 Å². The Morgan fingerprint density at radius 2 is 1.97 bits per heavy atom. The molecule has 8 heteroatoms. The highest BCUT2D eigenvalue weighted by molar-refractivity contribution is 5.91. The number of imidazole rings is 1. The molecule has 2 aromatic heterocycles. The molecule has 3 heterocycles. The summed E-state index contributed by atoms with van der Waals surface area (Å²) in [4.78, 5) is 16.7. The number of para-hydroxylation sites is 4. The summed E-state index contributed by atoms with van der Waals surface area (Å²) in [6, 6.07) is 15.3. The summed E-state index contributed by atoms with van der Waals surface area (Å²) in [6.45, 7) is 1.16. The third kappa shape index (κ3) is 3.64. The predicted octanol–water partition coefficient (Wildman–Crippen LogP) is 2.71. The van der Waals surface area contributed by atoms with Crippen molar-refractivity contribution >= 4 is 22.6 Å². The standard InChI is InChI=1S/C21H19N5O3/c27-21(12-25-14-22-17-5-1-2-6-18(17)25)24-15-9-23-26(10-15)11-16-13-28-19-7-3-4-8-20(19)29-16/h1-10,14,16H,11-13H2,(H,24,27). The number of carbonyl (C=O) groups excluding carboxylic acids is 1. The number of nitrogens with one attached hydrogen (secondary N) is 1. The molecule has 1 amide bonds. The first kappa shape index (κ1) is 17.3. The van der Waals surface area contributed by atoms with Gasteiger partial charge in [0.2, 0.25) is 5.91 Å². The first-order chi connectivity index (χ1) is 14.2. The number of rotatable bonds is 5. The Morgan fingerprint density at radius 3 is 2.90 bits per heavy atom. The van der Waals surface area contributed by atoms with Gasteiger partial charge in [-0.25, -0.2) is 4.98 Å². The zero-order valence-corrected chi connectivity index (χ0v) is 15.6. The zero-order chi connectivity index (χ0) is 19.6. The van der Waals surface area contributed by atoms with Crippen molar-refractivity contribution in [2.75, 3.05) is 11.9 Å². The lowest BCUT2D eigenvalue weighted by Crippen LogP contribution is -2.33. The molecule has 0 saturated heterocycles. The Morgan fingerprint density at radius 1 is 1.14 bits per heavy atom. The van der Waals surface area contributed by atoms with Gasteiger partial charge in [0.15, 0.2) is 17.6 Å². The van der Waals surface area contributed by atoms with Crippen LogP contribution >= 0.6 is 0 Å². The van der Waals surface area contributed by atoms with E-state index in [0.717, 1.165) is 22.5 Å². The molecule has 1 aliphatic rings. The van der Waals surface area contributed by atoms with Crippen molar-refractivity contribution < 1.29 is 14.3 Å².